The van der Waals surface area contributed by atoms with Crippen molar-refractivity contribution in [3.05, 3.63) is 53.9 Å². The summed E-state index contributed by atoms with van der Waals surface area (Å²) in [5.74, 6) is 0.436. The number of amides is 1. The van der Waals surface area contributed by atoms with Crippen molar-refractivity contribution < 1.29 is 4.79 Å². The lowest BCUT2D eigenvalue weighted by Crippen LogP contribution is -2.24. The highest BCUT2D eigenvalue weighted by Crippen LogP contribution is 2.20. The van der Waals surface area contributed by atoms with Crippen LogP contribution in [-0.2, 0) is 0 Å². The summed E-state index contributed by atoms with van der Waals surface area (Å²) < 4.78 is 0. The Kier molecular flexibility index (Phi) is 6.15. The van der Waals surface area contributed by atoms with Gasteiger partial charge in [-0.25, -0.2) is 0 Å². The summed E-state index contributed by atoms with van der Waals surface area (Å²) in [6.45, 7) is 7.15. The molecule has 1 aromatic carbocycles. The molecule has 0 fully saturated rings. The maximum Gasteiger partial charge on any atom is 0.252 e. The van der Waals surface area contributed by atoms with Crippen LogP contribution in [0, 0.1) is 0 Å². The third kappa shape index (κ3) is 5.09. The molecule has 0 radical (unpaired) electrons. The topological polar surface area (TPSA) is 54.0 Å². The summed E-state index contributed by atoms with van der Waals surface area (Å²) in [5, 5.41) is 6.19. The summed E-state index contributed by atoms with van der Waals surface area (Å²) in [6.07, 6.45) is 5.36. The van der Waals surface area contributed by atoms with E-state index in [0.717, 1.165) is 24.2 Å². The average molecular weight is 311 g/mol. The quantitative estimate of drug-likeness (QED) is 0.741. The lowest BCUT2D eigenvalue weighted by Gasteiger charge is -2.10. The van der Waals surface area contributed by atoms with Gasteiger partial charge in [0.25, 0.3) is 5.91 Å². The SMILES string of the molecule is CCCCNC(=O)c1cncc(Nc2ccc(C(C)C)cc2)c1. The molecule has 1 amide bonds. The molecule has 0 aliphatic rings. The Bertz CT molecular complexity index is 635. The van der Waals surface area contributed by atoms with Crippen LogP contribution in [0.25, 0.3) is 0 Å². The van der Waals surface area contributed by atoms with E-state index in [1.807, 2.05) is 18.2 Å². The summed E-state index contributed by atoms with van der Waals surface area (Å²) in [4.78, 5) is 16.2. The van der Waals surface area contributed by atoms with E-state index in [9.17, 15) is 4.79 Å². The minimum atomic E-state index is -0.0789. The fraction of sp³-hybridized carbons (Fsp3) is 0.368. The van der Waals surface area contributed by atoms with E-state index in [1.165, 1.54) is 5.56 Å². The number of rotatable bonds is 7. The van der Waals surface area contributed by atoms with Gasteiger partial charge >= 0.3 is 0 Å². The van der Waals surface area contributed by atoms with Crippen LogP contribution in [-0.4, -0.2) is 17.4 Å². The van der Waals surface area contributed by atoms with Gasteiger partial charge in [-0.3, -0.25) is 9.78 Å². The minimum Gasteiger partial charge on any atom is -0.354 e. The van der Waals surface area contributed by atoms with Gasteiger partial charge in [-0.1, -0.05) is 39.3 Å². The van der Waals surface area contributed by atoms with Gasteiger partial charge in [0.05, 0.1) is 17.4 Å². The number of unbranched alkanes of at least 4 members (excludes halogenated alkanes) is 1. The summed E-state index contributed by atoms with van der Waals surface area (Å²) in [7, 11) is 0. The Hall–Kier alpha value is -2.36. The second-order valence-electron chi connectivity index (χ2n) is 5.97. The first kappa shape index (κ1) is 17.0. The first-order valence-corrected chi connectivity index (χ1v) is 8.20. The number of carbonyl (C=O) groups is 1. The normalized spacial score (nSPS) is 10.6. The number of benzene rings is 1. The van der Waals surface area contributed by atoms with Gasteiger partial charge < -0.3 is 10.6 Å². The van der Waals surface area contributed by atoms with Crippen LogP contribution in [0.3, 0.4) is 0 Å². The lowest BCUT2D eigenvalue weighted by atomic mass is 10.0. The van der Waals surface area contributed by atoms with Gasteiger partial charge in [-0.2, -0.15) is 0 Å². The summed E-state index contributed by atoms with van der Waals surface area (Å²) in [6, 6.07) is 10.1. The van der Waals surface area contributed by atoms with E-state index in [2.05, 4.69) is 48.5 Å². The number of anilines is 2. The molecule has 0 unspecified atom stereocenters. The first-order chi connectivity index (χ1) is 11.1. The van der Waals surface area contributed by atoms with Crippen LogP contribution in [0.4, 0.5) is 11.4 Å². The number of nitrogens with zero attached hydrogens (tertiary/aromatic N) is 1. The zero-order valence-electron chi connectivity index (χ0n) is 14.1. The van der Waals surface area contributed by atoms with E-state index in [0.29, 0.717) is 18.0 Å². The number of pyridine rings is 1. The van der Waals surface area contributed by atoms with Crippen LogP contribution in [0.5, 0.6) is 0 Å². The predicted octanol–water partition coefficient (Wildman–Crippen LogP) is 4.48. The van der Waals surface area contributed by atoms with Crippen molar-refractivity contribution in [3.8, 4) is 0 Å². The Morgan fingerprint density at radius 3 is 2.52 bits per heavy atom. The van der Waals surface area contributed by atoms with Gasteiger partial charge in [0.1, 0.15) is 0 Å². The van der Waals surface area contributed by atoms with Crippen molar-refractivity contribution in [1.82, 2.24) is 10.3 Å². The monoisotopic (exact) mass is 311 g/mol. The molecule has 0 aliphatic carbocycles. The maximum absolute atomic E-state index is 12.1. The second-order valence-corrected chi connectivity index (χ2v) is 5.97. The third-order valence-corrected chi connectivity index (χ3v) is 3.68. The molecule has 4 heteroatoms. The molecule has 122 valence electrons. The van der Waals surface area contributed by atoms with Crippen LogP contribution < -0.4 is 10.6 Å². The number of nitrogens with one attached hydrogen (secondary N) is 2. The largest absolute Gasteiger partial charge is 0.354 e. The Labute approximate surface area is 138 Å². The van der Waals surface area contributed by atoms with Crippen LogP contribution in [0.1, 0.15) is 55.5 Å². The molecule has 0 spiro atoms. The van der Waals surface area contributed by atoms with E-state index in [-0.39, 0.29) is 5.91 Å². The highest BCUT2D eigenvalue weighted by Gasteiger charge is 2.06. The molecule has 0 bridgehead atoms. The molecule has 2 N–H and O–H groups in total. The van der Waals surface area contributed by atoms with Gasteiger partial charge in [-0.05, 0) is 36.1 Å². The first-order valence-electron chi connectivity index (χ1n) is 8.20. The number of hydrogen-bond donors (Lipinski definition) is 2. The Morgan fingerprint density at radius 2 is 1.87 bits per heavy atom. The van der Waals surface area contributed by atoms with Crippen molar-refractivity contribution in [2.24, 2.45) is 0 Å². The second kappa shape index (κ2) is 8.32. The van der Waals surface area contributed by atoms with Gasteiger partial charge in [0, 0.05) is 18.4 Å². The maximum atomic E-state index is 12.1. The fourth-order valence-electron chi connectivity index (χ4n) is 2.23. The number of aromatic nitrogens is 1. The summed E-state index contributed by atoms with van der Waals surface area (Å²) >= 11 is 0. The number of carbonyl (C=O) groups excluding carboxylic acids is 1. The van der Waals surface area contributed by atoms with E-state index in [1.54, 1.807) is 12.4 Å². The van der Waals surface area contributed by atoms with Crippen LogP contribution >= 0.6 is 0 Å². The average Bonchev–Trinajstić information content (AvgIpc) is 2.56. The summed E-state index contributed by atoms with van der Waals surface area (Å²) in [5.41, 5.74) is 3.67. The molecule has 23 heavy (non-hydrogen) atoms. The van der Waals surface area contributed by atoms with E-state index < -0.39 is 0 Å². The standard InChI is InChI=1S/C19H25N3O/c1-4-5-10-21-19(23)16-11-18(13-20-12-16)22-17-8-6-15(7-9-17)14(2)3/h6-9,11-14,22H,4-5,10H2,1-3H3,(H,21,23). The van der Waals surface area contributed by atoms with Crippen LogP contribution in [0.2, 0.25) is 0 Å². The van der Waals surface area contributed by atoms with Gasteiger partial charge in [0.15, 0.2) is 0 Å². The molecule has 0 saturated carbocycles. The number of hydrogen-bond acceptors (Lipinski definition) is 3. The van der Waals surface area contributed by atoms with Crippen molar-refractivity contribution in [1.29, 1.82) is 0 Å². The van der Waals surface area contributed by atoms with Gasteiger partial charge in [0.2, 0.25) is 0 Å². The van der Waals surface area contributed by atoms with Crippen molar-refractivity contribution in [3.63, 3.8) is 0 Å². The zero-order valence-corrected chi connectivity index (χ0v) is 14.1. The minimum absolute atomic E-state index is 0.0789. The van der Waals surface area contributed by atoms with E-state index in [4.69, 9.17) is 0 Å². The molecule has 1 heterocycles. The molecule has 4 nitrogen and oxygen atoms in total. The predicted molar refractivity (Wildman–Crippen MR) is 95.3 cm³/mol. The van der Waals surface area contributed by atoms with E-state index >= 15 is 0 Å². The Balaban J connectivity index is 2.03. The van der Waals surface area contributed by atoms with Crippen molar-refractivity contribution in [2.45, 2.75) is 39.5 Å². The molecule has 0 saturated heterocycles. The molecular formula is C19H25N3O. The molecular weight excluding hydrogens is 286 g/mol. The highest BCUT2D eigenvalue weighted by atomic mass is 16.1. The zero-order chi connectivity index (χ0) is 16.7. The molecule has 2 rings (SSSR count). The van der Waals surface area contributed by atoms with Crippen molar-refractivity contribution >= 4 is 17.3 Å². The molecule has 2 aromatic rings. The van der Waals surface area contributed by atoms with Crippen molar-refractivity contribution in [2.75, 3.05) is 11.9 Å². The fourth-order valence-corrected chi connectivity index (χ4v) is 2.23. The molecule has 0 atom stereocenters. The Morgan fingerprint density at radius 1 is 1.13 bits per heavy atom. The van der Waals surface area contributed by atoms with Crippen LogP contribution in [0.15, 0.2) is 42.7 Å². The molecule has 1 aromatic heterocycles. The molecule has 0 aliphatic heterocycles. The third-order valence-electron chi connectivity index (χ3n) is 3.68. The highest BCUT2D eigenvalue weighted by molar-refractivity contribution is 5.94. The van der Waals surface area contributed by atoms with Gasteiger partial charge in [-0.15, -0.1) is 0 Å². The lowest BCUT2D eigenvalue weighted by molar-refractivity contribution is 0.0953. The smallest absolute Gasteiger partial charge is 0.252 e.